The van der Waals surface area contributed by atoms with Gasteiger partial charge in [0.05, 0.1) is 10.6 Å². The van der Waals surface area contributed by atoms with E-state index in [1.54, 1.807) is 36.4 Å². The van der Waals surface area contributed by atoms with Crippen LogP contribution in [0.15, 0.2) is 77.7 Å². The van der Waals surface area contributed by atoms with Crippen molar-refractivity contribution < 1.29 is 18.0 Å². The lowest BCUT2D eigenvalue weighted by Gasteiger charge is -2.35. The Labute approximate surface area is 245 Å². The highest BCUT2D eigenvalue weighted by Gasteiger charge is 2.35. The van der Waals surface area contributed by atoms with Gasteiger partial charge in [-0.2, -0.15) is 0 Å². The van der Waals surface area contributed by atoms with Crippen molar-refractivity contribution in [2.75, 3.05) is 10.8 Å². The van der Waals surface area contributed by atoms with Crippen LogP contribution < -0.4 is 9.62 Å². The molecule has 3 rings (SSSR count). The molecule has 2 amide bonds. The van der Waals surface area contributed by atoms with E-state index in [9.17, 15) is 18.0 Å². The molecule has 3 aromatic carbocycles. The predicted octanol–water partition coefficient (Wildman–Crippen LogP) is 5.78. The number of para-hydroxylation sites is 1. The molecule has 3 aromatic rings. The van der Waals surface area contributed by atoms with Crippen molar-refractivity contribution in [1.82, 2.24) is 10.2 Å². The van der Waals surface area contributed by atoms with E-state index in [-0.39, 0.29) is 17.3 Å². The molecule has 0 spiro atoms. The molecule has 1 atom stereocenters. The number of carbonyl (C=O) groups is 2. The van der Waals surface area contributed by atoms with Crippen LogP contribution in [0.4, 0.5) is 5.69 Å². The molecular weight excluding hydrogens is 534 g/mol. The van der Waals surface area contributed by atoms with Crippen molar-refractivity contribution in [3.8, 4) is 0 Å². The summed E-state index contributed by atoms with van der Waals surface area (Å²) in [6.45, 7) is 13.1. The van der Waals surface area contributed by atoms with Gasteiger partial charge in [-0.25, -0.2) is 8.42 Å². The Bertz CT molecular complexity index is 1460. The molecule has 0 unspecified atom stereocenters. The van der Waals surface area contributed by atoms with Gasteiger partial charge in [-0.05, 0) is 82.3 Å². The second-order valence-corrected chi connectivity index (χ2v) is 13.3. The SMILES string of the molecule is CCc1ccccc1N(CC(=O)N(Cc1ccccc1C)[C@@H](CC)C(=O)NC(C)(C)C)S(=O)(=O)c1ccc(C)cc1. The highest BCUT2D eigenvalue weighted by atomic mass is 32.2. The summed E-state index contributed by atoms with van der Waals surface area (Å²) in [5.41, 5.74) is 3.57. The molecule has 0 aliphatic heterocycles. The number of sulfonamides is 1. The fourth-order valence-electron chi connectivity index (χ4n) is 4.75. The minimum absolute atomic E-state index is 0.102. The number of amides is 2. The average Bonchev–Trinajstić information content (AvgIpc) is 2.91. The Morgan fingerprint density at radius 2 is 1.44 bits per heavy atom. The van der Waals surface area contributed by atoms with E-state index in [2.05, 4.69) is 5.32 Å². The Kier molecular flexibility index (Phi) is 10.4. The lowest BCUT2D eigenvalue weighted by Crippen LogP contribution is -2.55. The normalized spacial score (nSPS) is 12.5. The first-order chi connectivity index (χ1) is 19.3. The molecule has 0 saturated carbocycles. The largest absolute Gasteiger partial charge is 0.350 e. The number of nitrogens with zero attached hydrogens (tertiary/aromatic N) is 2. The molecule has 220 valence electrons. The van der Waals surface area contributed by atoms with E-state index >= 15 is 0 Å². The quantitative estimate of drug-likeness (QED) is 0.313. The van der Waals surface area contributed by atoms with Crippen LogP contribution in [0.5, 0.6) is 0 Å². The third-order valence-electron chi connectivity index (χ3n) is 7.02. The molecule has 0 aliphatic carbocycles. The summed E-state index contributed by atoms with van der Waals surface area (Å²) in [4.78, 5) is 29.4. The van der Waals surface area contributed by atoms with E-state index in [0.717, 1.165) is 22.3 Å². The first-order valence-electron chi connectivity index (χ1n) is 14.1. The number of hydrogen-bond acceptors (Lipinski definition) is 4. The summed E-state index contributed by atoms with van der Waals surface area (Å²) in [5, 5.41) is 3.01. The molecule has 0 bridgehead atoms. The molecule has 0 saturated heterocycles. The molecule has 0 aliphatic rings. The van der Waals surface area contributed by atoms with Gasteiger partial charge in [0.2, 0.25) is 11.8 Å². The van der Waals surface area contributed by atoms with Gasteiger partial charge in [0.25, 0.3) is 10.0 Å². The number of carbonyl (C=O) groups excluding carboxylic acids is 2. The zero-order valence-electron chi connectivity index (χ0n) is 25.3. The Balaban J connectivity index is 2.12. The minimum atomic E-state index is -4.11. The second-order valence-electron chi connectivity index (χ2n) is 11.4. The Hall–Kier alpha value is -3.65. The topological polar surface area (TPSA) is 86.8 Å². The summed E-state index contributed by atoms with van der Waals surface area (Å²) in [6, 6.07) is 20.8. The van der Waals surface area contributed by atoms with Gasteiger partial charge in [-0.3, -0.25) is 13.9 Å². The van der Waals surface area contributed by atoms with Crippen molar-refractivity contribution in [1.29, 1.82) is 0 Å². The maximum Gasteiger partial charge on any atom is 0.264 e. The molecule has 0 aromatic heterocycles. The maximum atomic E-state index is 14.3. The van der Waals surface area contributed by atoms with Crippen molar-refractivity contribution >= 4 is 27.5 Å². The molecule has 0 fully saturated rings. The van der Waals surface area contributed by atoms with Crippen LogP contribution in [-0.2, 0) is 32.6 Å². The smallest absolute Gasteiger partial charge is 0.264 e. The first-order valence-corrected chi connectivity index (χ1v) is 15.6. The van der Waals surface area contributed by atoms with E-state index in [1.165, 1.54) is 9.21 Å². The van der Waals surface area contributed by atoms with Gasteiger partial charge in [0.1, 0.15) is 12.6 Å². The van der Waals surface area contributed by atoms with Gasteiger partial charge < -0.3 is 10.2 Å². The average molecular weight is 578 g/mol. The van der Waals surface area contributed by atoms with Gasteiger partial charge in [0.15, 0.2) is 0 Å². The molecule has 8 heteroatoms. The molecular formula is C33H43N3O4S. The van der Waals surface area contributed by atoms with Crippen molar-refractivity contribution in [2.45, 2.75) is 84.3 Å². The zero-order valence-corrected chi connectivity index (χ0v) is 26.1. The van der Waals surface area contributed by atoms with Gasteiger partial charge in [-0.1, -0.05) is 74.0 Å². The molecule has 0 radical (unpaired) electrons. The lowest BCUT2D eigenvalue weighted by molar-refractivity contribution is -0.141. The standard InChI is InChI=1S/C33H43N3O4S/c1-8-26-15-12-13-17-30(26)36(41(39,40)28-20-18-24(3)19-21-28)23-31(37)35(22-27-16-11-10-14-25(27)4)29(9-2)32(38)34-33(5,6)7/h10-21,29H,8-9,22-23H2,1-7H3,(H,34,38)/t29-/m0/s1. The van der Waals surface area contributed by atoms with Crippen LogP contribution >= 0.6 is 0 Å². The Morgan fingerprint density at radius 3 is 2.00 bits per heavy atom. The van der Waals surface area contributed by atoms with Gasteiger partial charge in [-0.15, -0.1) is 0 Å². The van der Waals surface area contributed by atoms with Crippen LogP contribution in [0.25, 0.3) is 0 Å². The van der Waals surface area contributed by atoms with Crippen LogP contribution in [0.1, 0.15) is 63.3 Å². The maximum absolute atomic E-state index is 14.3. The van der Waals surface area contributed by atoms with E-state index in [1.807, 2.05) is 84.9 Å². The first kappa shape index (κ1) is 31.9. The predicted molar refractivity (Wildman–Crippen MR) is 165 cm³/mol. The monoisotopic (exact) mass is 577 g/mol. The Morgan fingerprint density at radius 1 is 0.854 bits per heavy atom. The third-order valence-corrected chi connectivity index (χ3v) is 8.79. The van der Waals surface area contributed by atoms with Crippen LogP contribution in [-0.4, -0.2) is 43.3 Å². The number of nitrogens with one attached hydrogen (secondary N) is 1. The van der Waals surface area contributed by atoms with Crippen LogP contribution in [0.3, 0.4) is 0 Å². The fraction of sp³-hybridized carbons (Fsp3) is 0.394. The van der Waals surface area contributed by atoms with Crippen molar-refractivity contribution in [3.63, 3.8) is 0 Å². The molecule has 41 heavy (non-hydrogen) atoms. The summed E-state index contributed by atoms with van der Waals surface area (Å²) in [5.74, 6) is -0.727. The van der Waals surface area contributed by atoms with E-state index in [0.29, 0.717) is 18.5 Å². The van der Waals surface area contributed by atoms with Gasteiger partial charge in [0, 0.05) is 12.1 Å². The third kappa shape index (κ3) is 7.97. The number of hydrogen-bond donors (Lipinski definition) is 1. The number of aryl methyl sites for hydroxylation is 3. The lowest BCUT2D eigenvalue weighted by atomic mass is 10.0. The fourth-order valence-corrected chi connectivity index (χ4v) is 6.20. The highest BCUT2D eigenvalue weighted by molar-refractivity contribution is 7.92. The minimum Gasteiger partial charge on any atom is -0.350 e. The number of benzene rings is 3. The second kappa shape index (κ2) is 13.3. The van der Waals surface area contributed by atoms with E-state index < -0.39 is 34.1 Å². The number of rotatable bonds is 11. The van der Waals surface area contributed by atoms with Gasteiger partial charge >= 0.3 is 0 Å². The van der Waals surface area contributed by atoms with Crippen molar-refractivity contribution in [2.24, 2.45) is 0 Å². The molecule has 7 nitrogen and oxygen atoms in total. The van der Waals surface area contributed by atoms with E-state index in [4.69, 9.17) is 0 Å². The zero-order chi connectivity index (χ0) is 30.4. The summed E-state index contributed by atoms with van der Waals surface area (Å²) in [6.07, 6.45) is 0.957. The molecule has 1 N–H and O–H groups in total. The van der Waals surface area contributed by atoms with Crippen molar-refractivity contribution in [3.05, 3.63) is 95.1 Å². The summed E-state index contributed by atoms with van der Waals surface area (Å²) in [7, 11) is -4.11. The molecule has 0 heterocycles. The summed E-state index contributed by atoms with van der Waals surface area (Å²) >= 11 is 0. The number of anilines is 1. The van der Waals surface area contributed by atoms with Crippen LogP contribution in [0.2, 0.25) is 0 Å². The van der Waals surface area contributed by atoms with Crippen LogP contribution in [0, 0.1) is 13.8 Å². The summed E-state index contributed by atoms with van der Waals surface area (Å²) < 4.78 is 29.4. The highest BCUT2D eigenvalue weighted by Crippen LogP contribution is 2.29.